The number of hydrogen-bond acceptors (Lipinski definition) is 2. The Labute approximate surface area is 260 Å². The average Bonchev–Trinajstić information content (AvgIpc) is 3.81. The van der Waals surface area contributed by atoms with Gasteiger partial charge in [-0.3, -0.25) is 0 Å². The van der Waals surface area contributed by atoms with Crippen molar-refractivity contribution in [3.63, 3.8) is 0 Å². The van der Waals surface area contributed by atoms with E-state index in [9.17, 15) is 5.48 Å². The monoisotopic (exact) mass is 549 g/mol. The molecule has 196 valence electrons. The van der Waals surface area contributed by atoms with Crippen LogP contribution in [0.4, 0.5) is 0 Å². The maximum atomic E-state index is 9.31. The molecule has 9 rings (SSSR count). The highest BCUT2D eigenvalue weighted by Crippen LogP contribution is 2.47. The SMILES string of the molecule is [2H]c1c([2H])c([2H])c(-c2c3c([2H])c([2H])c([2H])c([2H])c3c(-c3cccc4oc5c6cc(-c7ccccc7)oc6ccc5c34)c3c([2H])c([2H])c([2H])c([2H])c23)c([2H])c1[2H]. The summed E-state index contributed by atoms with van der Waals surface area (Å²) in [4.78, 5) is 0. The molecule has 42 heavy (non-hydrogen) atoms. The highest BCUT2D eigenvalue weighted by molar-refractivity contribution is 6.26. The van der Waals surface area contributed by atoms with Crippen molar-refractivity contribution < 1.29 is 26.7 Å². The molecule has 2 nitrogen and oxygen atoms in total. The zero-order chi connectivity index (χ0) is 38.9. The molecule has 2 heteroatoms. The first-order valence-corrected chi connectivity index (χ1v) is 13.2. The fourth-order valence-electron chi connectivity index (χ4n) is 5.87. The van der Waals surface area contributed by atoms with Crippen LogP contribution in [0, 0.1) is 0 Å². The Morgan fingerprint density at radius 2 is 1.12 bits per heavy atom. The highest BCUT2D eigenvalue weighted by atomic mass is 16.3. The van der Waals surface area contributed by atoms with Crippen molar-refractivity contribution >= 4 is 54.5 Å². The molecule has 0 aliphatic heterocycles. The summed E-state index contributed by atoms with van der Waals surface area (Å²) in [6.45, 7) is 0. The van der Waals surface area contributed by atoms with E-state index >= 15 is 0 Å². The summed E-state index contributed by atoms with van der Waals surface area (Å²) in [5.41, 5.74) is 1.79. The van der Waals surface area contributed by atoms with Crippen molar-refractivity contribution in [1.29, 1.82) is 0 Å². The standard InChI is InChI=1S/C40H24O2/c1-3-12-25(13-4-1)36-24-33-34(41-36)23-22-32-39-31(20-11-21-35(39)42-40(32)33)38-29-18-9-7-16-27(29)37(26-14-5-2-6-15-26)28-17-8-10-19-30(28)38/h1-24H/i2D,5D,6D,7D,8D,9D,10D,14D,15D,16D,17D,18D,19D. The topological polar surface area (TPSA) is 26.3 Å². The molecular weight excluding hydrogens is 512 g/mol. The van der Waals surface area contributed by atoms with E-state index < -0.39 is 84.1 Å². The van der Waals surface area contributed by atoms with Gasteiger partial charge in [-0.15, -0.1) is 0 Å². The second-order valence-corrected chi connectivity index (χ2v) is 9.86. The molecule has 2 aromatic heterocycles. The van der Waals surface area contributed by atoms with Crippen LogP contribution in [0.25, 0.3) is 88.0 Å². The summed E-state index contributed by atoms with van der Waals surface area (Å²) in [5, 5.41) is 0.869. The van der Waals surface area contributed by atoms with E-state index in [-0.39, 0.29) is 32.7 Å². The molecule has 0 fully saturated rings. The third-order valence-electron chi connectivity index (χ3n) is 7.61. The summed E-state index contributed by atoms with van der Waals surface area (Å²) < 4.78 is 128. The van der Waals surface area contributed by atoms with Crippen LogP contribution in [0.2, 0.25) is 0 Å². The van der Waals surface area contributed by atoms with Gasteiger partial charge in [-0.1, -0.05) is 121 Å². The van der Waals surface area contributed by atoms with Gasteiger partial charge in [0, 0.05) is 16.3 Å². The number of rotatable bonds is 3. The summed E-state index contributed by atoms with van der Waals surface area (Å²) in [7, 11) is 0. The van der Waals surface area contributed by atoms with E-state index in [2.05, 4.69) is 0 Å². The molecule has 0 N–H and O–H groups in total. The van der Waals surface area contributed by atoms with Crippen LogP contribution < -0.4 is 0 Å². The van der Waals surface area contributed by atoms with Crippen molar-refractivity contribution in [3.05, 3.63) is 145 Å². The Hall–Kier alpha value is -5.60. The van der Waals surface area contributed by atoms with E-state index in [1.807, 2.05) is 36.4 Å². The van der Waals surface area contributed by atoms with Crippen LogP contribution >= 0.6 is 0 Å². The summed E-state index contributed by atoms with van der Waals surface area (Å²) in [6, 6.07) is 11.5. The van der Waals surface area contributed by atoms with E-state index in [4.69, 9.17) is 21.2 Å². The fourth-order valence-corrected chi connectivity index (χ4v) is 5.87. The van der Waals surface area contributed by atoms with Crippen molar-refractivity contribution in [2.24, 2.45) is 0 Å². The predicted molar refractivity (Wildman–Crippen MR) is 175 cm³/mol. The van der Waals surface area contributed by atoms with E-state index in [0.717, 1.165) is 5.56 Å². The second-order valence-electron chi connectivity index (χ2n) is 9.86. The van der Waals surface area contributed by atoms with Gasteiger partial charge in [0.1, 0.15) is 22.5 Å². The molecule has 0 unspecified atom stereocenters. The Bertz CT molecular complexity index is 3070. The lowest BCUT2D eigenvalue weighted by atomic mass is 9.85. The fraction of sp³-hybridized carbons (Fsp3) is 0. The van der Waals surface area contributed by atoms with Gasteiger partial charge in [-0.2, -0.15) is 0 Å². The maximum absolute atomic E-state index is 9.31. The average molecular weight is 550 g/mol. The van der Waals surface area contributed by atoms with Crippen LogP contribution in [0.1, 0.15) is 17.8 Å². The number of hydrogen-bond donors (Lipinski definition) is 0. The van der Waals surface area contributed by atoms with Gasteiger partial charge in [0.2, 0.25) is 0 Å². The van der Waals surface area contributed by atoms with E-state index in [1.54, 1.807) is 30.3 Å². The first-order valence-electron chi connectivity index (χ1n) is 19.7. The molecule has 2 heterocycles. The van der Waals surface area contributed by atoms with Crippen LogP contribution in [0.5, 0.6) is 0 Å². The molecule has 0 aliphatic carbocycles. The Balaban J connectivity index is 1.54. The molecule has 0 saturated carbocycles. The lowest BCUT2D eigenvalue weighted by Crippen LogP contribution is -1.91. The van der Waals surface area contributed by atoms with Gasteiger partial charge in [-0.25, -0.2) is 0 Å². The quantitative estimate of drug-likeness (QED) is 0.205. The molecule has 0 aliphatic rings. The zero-order valence-electron chi connectivity index (χ0n) is 34.7. The molecule has 0 bridgehead atoms. The number of fused-ring (bicyclic) bond motifs is 7. The van der Waals surface area contributed by atoms with Crippen molar-refractivity contribution in [2.45, 2.75) is 0 Å². The van der Waals surface area contributed by atoms with Gasteiger partial charge < -0.3 is 8.83 Å². The highest BCUT2D eigenvalue weighted by Gasteiger charge is 2.21. The van der Waals surface area contributed by atoms with Crippen molar-refractivity contribution in [2.75, 3.05) is 0 Å². The smallest absolute Gasteiger partial charge is 0.146 e. The Morgan fingerprint density at radius 1 is 0.452 bits per heavy atom. The maximum Gasteiger partial charge on any atom is 0.146 e. The summed E-state index contributed by atoms with van der Waals surface area (Å²) in [5.74, 6) is 0.607. The molecule has 9 aromatic rings. The minimum Gasteiger partial charge on any atom is -0.456 e. The number of furan rings is 2. The third kappa shape index (κ3) is 3.33. The number of benzene rings is 7. The third-order valence-corrected chi connectivity index (χ3v) is 7.61. The van der Waals surface area contributed by atoms with Gasteiger partial charge in [0.25, 0.3) is 0 Å². The summed E-state index contributed by atoms with van der Waals surface area (Å²) in [6.07, 6.45) is 0. The molecule has 7 aromatic carbocycles. The Morgan fingerprint density at radius 3 is 1.83 bits per heavy atom. The molecular formula is C40H24O2. The van der Waals surface area contributed by atoms with Gasteiger partial charge in [-0.05, 0) is 68.1 Å². The predicted octanol–water partition coefficient (Wildman–Crippen LogP) is 11.6. The van der Waals surface area contributed by atoms with Crippen LogP contribution in [0.3, 0.4) is 0 Å². The molecule has 0 spiro atoms. The van der Waals surface area contributed by atoms with Crippen LogP contribution in [-0.4, -0.2) is 0 Å². The van der Waals surface area contributed by atoms with E-state index in [1.165, 1.54) is 0 Å². The largest absolute Gasteiger partial charge is 0.456 e. The molecule has 0 saturated heterocycles. The van der Waals surface area contributed by atoms with Crippen LogP contribution in [-0.2, 0) is 0 Å². The van der Waals surface area contributed by atoms with Crippen molar-refractivity contribution in [1.82, 2.24) is 0 Å². The summed E-state index contributed by atoms with van der Waals surface area (Å²) >= 11 is 0. The molecule has 0 atom stereocenters. The Kier molecular flexibility index (Phi) is 2.95. The minimum absolute atomic E-state index is 0.0330. The van der Waals surface area contributed by atoms with E-state index in [0.29, 0.717) is 44.2 Å². The van der Waals surface area contributed by atoms with Gasteiger partial charge in [0.05, 0.1) is 23.2 Å². The van der Waals surface area contributed by atoms with Crippen molar-refractivity contribution in [3.8, 4) is 33.6 Å². The first kappa shape index (κ1) is 13.8. The normalized spacial score (nSPS) is 16.1. The van der Waals surface area contributed by atoms with Gasteiger partial charge in [0.15, 0.2) is 0 Å². The lowest BCUT2D eigenvalue weighted by Gasteiger charge is -2.18. The minimum atomic E-state index is -0.723. The first-order chi connectivity index (χ1) is 26.2. The van der Waals surface area contributed by atoms with Crippen LogP contribution in [0.15, 0.2) is 154 Å². The van der Waals surface area contributed by atoms with Gasteiger partial charge >= 0.3 is 0 Å². The zero-order valence-corrected chi connectivity index (χ0v) is 21.7. The molecule has 0 amide bonds. The second kappa shape index (κ2) is 8.95. The lowest BCUT2D eigenvalue weighted by molar-refractivity contribution is 0.631. The molecule has 0 radical (unpaired) electrons.